The van der Waals surface area contributed by atoms with E-state index in [1.807, 2.05) is 0 Å². The third-order valence-corrected chi connectivity index (χ3v) is 3.54. The average Bonchev–Trinajstić information content (AvgIpc) is 2.67. The highest BCUT2D eigenvalue weighted by Crippen LogP contribution is 2.18. The van der Waals surface area contributed by atoms with Gasteiger partial charge in [-0.25, -0.2) is 4.39 Å². The maximum absolute atomic E-state index is 13.9. The molecule has 0 unspecified atom stereocenters. The number of aromatic nitrogens is 2. The van der Waals surface area contributed by atoms with Gasteiger partial charge in [-0.3, -0.25) is 19.6 Å². The number of nitrogens with zero attached hydrogens (tertiary/aromatic N) is 2. The molecule has 2 aromatic heterocycles. The molecule has 2 heterocycles. The van der Waals surface area contributed by atoms with Crippen LogP contribution in [0, 0.1) is 5.82 Å². The molecule has 1 aromatic carbocycles. The summed E-state index contributed by atoms with van der Waals surface area (Å²) in [4.78, 5) is 31.1. The van der Waals surface area contributed by atoms with Crippen molar-refractivity contribution in [2.75, 3.05) is 5.32 Å². The van der Waals surface area contributed by atoms with Gasteiger partial charge in [0.25, 0.3) is 5.91 Å². The number of anilines is 1. The highest BCUT2D eigenvalue weighted by atomic mass is 19.1. The smallest absolute Gasteiger partial charge is 0.257 e. The van der Waals surface area contributed by atoms with Crippen molar-refractivity contribution in [3.05, 3.63) is 83.7 Å². The summed E-state index contributed by atoms with van der Waals surface area (Å²) in [7, 11) is 0. The molecule has 0 aliphatic heterocycles. The molecule has 0 saturated carbocycles. The third kappa shape index (κ3) is 4.85. The summed E-state index contributed by atoms with van der Waals surface area (Å²) in [6, 6.07) is 8.75. The summed E-state index contributed by atoms with van der Waals surface area (Å²) < 4.78 is 19.4. The van der Waals surface area contributed by atoms with Gasteiger partial charge in [0.05, 0.1) is 17.3 Å². The van der Waals surface area contributed by atoms with E-state index in [0.29, 0.717) is 16.9 Å². The SMILES string of the molecule is NC(=O)c1cncc(OCc2cc(F)cc(NC(=O)c3cccnc3)c2)c1. The van der Waals surface area contributed by atoms with Crippen LogP contribution in [0.25, 0.3) is 0 Å². The van der Waals surface area contributed by atoms with E-state index in [9.17, 15) is 14.0 Å². The van der Waals surface area contributed by atoms with E-state index in [1.54, 1.807) is 24.4 Å². The molecule has 0 radical (unpaired) electrons. The lowest BCUT2D eigenvalue weighted by Gasteiger charge is -2.10. The molecule has 0 spiro atoms. The van der Waals surface area contributed by atoms with E-state index in [0.717, 1.165) is 0 Å². The second-order valence-corrected chi connectivity index (χ2v) is 5.61. The van der Waals surface area contributed by atoms with Gasteiger partial charge >= 0.3 is 0 Å². The van der Waals surface area contributed by atoms with Crippen LogP contribution in [-0.4, -0.2) is 21.8 Å². The fourth-order valence-corrected chi connectivity index (χ4v) is 2.31. The van der Waals surface area contributed by atoms with Gasteiger partial charge in [0.2, 0.25) is 5.91 Å². The number of nitrogens with two attached hydrogens (primary N) is 1. The molecule has 0 atom stereocenters. The summed E-state index contributed by atoms with van der Waals surface area (Å²) >= 11 is 0. The van der Waals surface area contributed by atoms with Crippen molar-refractivity contribution in [2.45, 2.75) is 6.61 Å². The lowest BCUT2D eigenvalue weighted by molar-refractivity contribution is 0.0996. The lowest BCUT2D eigenvalue weighted by atomic mass is 10.2. The number of carbonyl (C=O) groups excluding carboxylic acids is 2. The number of halogens is 1. The van der Waals surface area contributed by atoms with E-state index in [4.69, 9.17) is 10.5 Å². The Balaban J connectivity index is 1.71. The first-order chi connectivity index (χ1) is 13.0. The fraction of sp³-hybridized carbons (Fsp3) is 0.0526. The Morgan fingerprint density at radius 2 is 1.89 bits per heavy atom. The van der Waals surface area contributed by atoms with Crippen LogP contribution < -0.4 is 15.8 Å². The number of benzene rings is 1. The first kappa shape index (κ1) is 18.0. The predicted octanol–water partition coefficient (Wildman–Crippen LogP) is 2.55. The van der Waals surface area contributed by atoms with Crippen molar-refractivity contribution < 1.29 is 18.7 Å². The average molecular weight is 366 g/mol. The zero-order valence-electron chi connectivity index (χ0n) is 14.1. The molecule has 0 bridgehead atoms. The Hall–Kier alpha value is -3.81. The molecule has 8 heteroatoms. The molecule has 3 rings (SSSR count). The zero-order chi connectivity index (χ0) is 19.2. The molecule has 3 N–H and O–H groups in total. The number of hydrogen-bond donors (Lipinski definition) is 2. The van der Waals surface area contributed by atoms with E-state index < -0.39 is 17.6 Å². The maximum Gasteiger partial charge on any atom is 0.257 e. The summed E-state index contributed by atoms with van der Waals surface area (Å²) in [5.74, 6) is -1.24. The minimum atomic E-state index is -0.626. The second kappa shape index (κ2) is 8.05. The van der Waals surface area contributed by atoms with E-state index in [1.165, 1.54) is 36.8 Å². The Morgan fingerprint density at radius 3 is 2.63 bits per heavy atom. The molecule has 27 heavy (non-hydrogen) atoms. The van der Waals surface area contributed by atoms with Crippen molar-refractivity contribution in [3.8, 4) is 5.75 Å². The number of pyridine rings is 2. The van der Waals surface area contributed by atoms with Crippen molar-refractivity contribution in [3.63, 3.8) is 0 Å². The molecule has 136 valence electrons. The molecular weight excluding hydrogens is 351 g/mol. The quantitative estimate of drug-likeness (QED) is 0.697. The predicted molar refractivity (Wildman–Crippen MR) is 95.7 cm³/mol. The number of rotatable bonds is 6. The van der Waals surface area contributed by atoms with Crippen LogP contribution >= 0.6 is 0 Å². The van der Waals surface area contributed by atoms with Crippen LogP contribution in [0.15, 0.2) is 61.2 Å². The van der Waals surface area contributed by atoms with Crippen LogP contribution in [0.3, 0.4) is 0 Å². The highest BCUT2D eigenvalue weighted by molar-refractivity contribution is 6.04. The molecule has 0 fully saturated rings. The Kier molecular flexibility index (Phi) is 5.36. The minimum Gasteiger partial charge on any atom is -0.487 e. The van der Waals surface area contributed by atoms with Gasteiger partial charge in [0, 0.05) is 24.3 Å². The molecule has 0 aliphatic carbocycles. The van der Waals surface area contributed by atoms with E-state index in [-0.39, 0.29) is 17.9 Å². The van der Waals surface area contributed by atoms with Crippen LogP contribution in [-0.2, 0) is 6.61 Å². The van der Waals surface area contributed by atoms with Gasteiger partial charge < -0.3 is 15.8 Å². The van der Waals surface area contributed by atoms with Gasteiger partial charge in [0.1, 0.15) is 18.2 Å². The van der Waals surface area contributed by atoms with Crippen LogP contribution in [0.2, 0.25) is 0 Å². The number of nitrogens with one attached hydrogen (secondary N) is 1. The third-order valence-electron chi connectivity index (χ3n) is 3.54. The lowest BCUT2D eigenvalue weighted by Crippen LogP contribution is -2.13. The number of hydrogen-bond acceptors (Lipinski definition) is 5. The molecule has 0 saturated heterocycles. The summed E-state index contributed by atoms with van der Waals surface area (Å²) in [5, 5.41) is 2.61. The fourth-order valence-electron chi connectivity index (χ4n) is 2.31. The first-order valence-corrected chi connectivity index (χ1v) is 7.90. The molecule has 7 nitrogen and oxygen atoms in total. The molecule has 0 aliphatic rings. The normalized spacial score (nSPS) is 10.3. The van der Waals surface area contributed by atoms with Gasteiger partial charge in [-0.1, -0.05) is 0 Å². The first-order valence-electron chi connectivity index (χ1n) is 7.90. The molecule has 3 aromatic rings. The number of primary amides is 1. The van der Waals surface area contributed by atoms with E-state index >= 15 is 0 Å². The van der Waals surface area contributed by atoms with Crippen molar-refractivity contribution in [1.82, 2.24) is 9.97 Å². The van der Waals surface area contributed by atoms with E-state index in [2.05, 4.69) is 15.3 Å². The second-order valence-electron chi connectivity index (χ2n) is 5.61. The van der Waals surface area contributed by atoms with Crippen molar-refractivity contribution in [1.29, 1.82) is 0 Å². The summed E-state index contributed by atoms with van der Waals surface area (Å²) in [6.45, 7) is 0.0113. The summed E-state index contributed by atoms with van der Waals surface area (Å²) in [5.41, 5.74) is 6.53. The van der Waals surface area contributed by atoms with Crippen LogP contribution in [0.4, 0.5) is 10.1 Å². The Morgan fingerprint density at radius 1 is 1.07 bits per heavy atom. The highest BCUT2D eigenvalue weighted by Gasteiger charge is 2.09. The summed E-state index contributed by atoms with van der Waals surface area (Å²) in [6.07, 6.45) is 5.70. The maximum atomic E-state index is 13.9. The molecular formula is C19H15FN4O3. The largest absolute Gasteiger partial charge is 0.487 e. The zero-order valence-corrected chi connectivity index (χ0v) is 14.1. The van der Waals surface area contributed by atoms with Gasteiger partial charge in [0.15, 0.2) is 0 Å². The Bertz CT molecular complexity index is 980. The van der Waals surface area contributed by atoms with Crippen molar-refractivity contribution >= 4 is 17.5 Å². The van der Waals surface area contributed by atoms with Crippen LogP contribution in [0.1, 0.15) is 26.3 Å². The Labute approximate surface area is 154 Å². The van der Waals surface area contributed by atoms with Gasteiger partial charge in [-0.15, -0.1) is 0 Å². The number of carbonyl (C=O) groups is 2. The number of ether oxygens (including phenoxy) is 1. The van der Waals surface area contributed by atoms with Crippen molar-refractivity contribution in [2.24, 2.45) is 5.73 Å². The van der Waals surface area contributed by atoms with Crippen LogP contribution in [0.5, 0.6) is 5.75 Å². The topological polar surface area (TPSA) is 107 Å². The minimum absolute atomic E-state index is 0.0113. The monoisotopic (exact) mass is 366 g/mol. The standard InChI is InChI=1S/C19H15FN4O3/c20-15-4-12(11-27-17-6-14(18(21)25)9-23-10-17)5-16(7-15)24-19(26)13-2-1-3-22-8-13/h1-10H,11H2,(H2,21,25)(H,24,26). The van der Waals surface area contributed by atoms with Gasteiger partial charge in [-0.05, 0) is 42.0 Å². The van der Waals surface area contributed by atoms with Gasteiger partial charge in [-0.2, -0.15) is 0 Å². The number of amides is 2. The molecule has 2 amide bonds.